The Morgan fingerprint density at radius 2 is 1.81 bits per heavy atom. The van der Waals surface area contributed by atoms with Crippen molar-refractivity contribution in [1.82, 2.24) is 9.88 Å². The van der Waals surface area contributed by atoms with Crippen molar-refractivity contribution in [2.45, 2.75) is 26.7 Å². The second kappa shape index (κ2) is 9.56. The SMILES string of the molecule is CCCCN(C)C(=O)c1cccc(C(=O)Nc2ccccc2OCC)n1. The molecular formula is C20H25N3O3. The largest absolute Gasteiger partial charge is 0.492 e. The number of hydrogen-bond acceptors (Lipinski definition) is 4. The molecule has 0 aliphatic carbocycles. The number of nitrogens with one attached hydrogen (secondary N) is 1. The molecule has 2 rings (SSSR count). The number of amides is 2. The number of para-hydroxylation sites is 2. The summed E-state index contributed by atoms with van der Waals surface area (Å²) in [6, 6.07) is 12.1. The maximum Gasteiger partial charge on any atom is 0.274 e. The summed E-state index contributed by atoms with van der Waals surface area (Å²) in [5, 5.41) is 2.79. The van der Waals surface area contributed by atoms with E-state index in [2.05, 4.69) is 17.2 Å². The van der Waals surface area contributed by atoms with Crippen molar-refractivity contribution in [1.29, 1.82) is 0 Å². The third-order valence-electron chi connectivity index (χ3n) is 3.83. The first-order valence-corrected chi connectivity index (χ1v) is 8.82. The highest BCUT2D eigenvalue weighted by atomic mass is 16.5. The van der Waals surface area contributed by atoms with Crippen LogP contribution in [0.3, 0.4) is 0 Å². The molecule has 0 unspecified atom stereocenters. The van der Waals surface area contributed by atoms with Gasteiger partial charge in [0.2, 0.25) is 0 Å². The minimum Gasteiger partial charge on any atom is -0.492 e. The average molecular weight is 355 g/mol. The zero-order valence-electron chi connectivity index (χ0n) is 15.5. The summed E-state index contributed by atoms with van der Waals surface area (Å²) in [5.74, 6) is 0.0145. The van der Waals surface area contributed by atoms with Gasteiger partial charge in [-0.2, -0.15) is 0 Å². The van der Waals surface area contributed by atoms with Gasteiger partial charge in [-0.3, -0.25) is 9.59 Å². The Morgan fingerprint density at radius 3 is 2.54 bits per heavy atom. The van der Waals surface area contributed by atoms with Crippen LogP contribution in [-0.4, -0.2) is 41.9 Å². The number of rotatable bonds is 8. The Labute approximate surface area is 154 Å². The molecule has 0 atom stereocenters. The Bertz CT molecular complexity index is 761. The minimum atomic E-state index is -0.386. The molecule has 2 amide bonds. The molecule has 0 aliphatic heterocycles. The normalized spacial score (nSPS) is 10.3. The number of pyridine rings is 1. The van der Waals surface area contributed by atoms with Gasteiger partial charge in [0.25, 0.3) is 11.8 Å². The molecule has 1 heterocycles. The molecular weight excluding hydrogens is 330 g/mol. The smallest absolute Gasteiger partial charge is 0.274 e. The second-order valence-corrected chi connectivity index (χ2v) is 5.87. The van der Waals surface area contributed by atoms with E-state index in [1.54, 1.807) is 42.3 Å². The molecule has 0 radical (unpaired) electrons. The van der Waals surface area contributed by atoms with E-state index < -0.39 is 0 Å². The number of nitrogens with zero attached hydrogens (tertiary/aromatic N) is 2. The molecule has 0 saturated heterocycles. The summed E-state index contributed by atoms with van der Waals surface area (Å²) < 4.78 is 5.51. The number of hydrogen-bond donors (Lipinski definition) is 1. The molecule has 1 aromatic carbocycles. The van der Waals surface area contributed by atoms with Gasteiger partial charge in [-0.05, 0) is 37.6 Å². The monoisotopic (exact) mass is 355 g/mol. The number of ether oxygens (including phenoxy) is 1. The molecule has 0 bridgehead atoms. The van der Waals surface area contributed by atoms with E-state index in [0.29, 0.717) is 24.6 Å². The predicted molar refractivity (Wildman–Crippen MR) is 102 cm³/mol. The summed E-state index contributed by atoms with van der Waals surface area (Å²) in [4.78, 5) is 30.8. The van der Waals surface area contributed by atoms with E-state index in [-0.39, 0.29) is 23.2 Å². The summed E-state index contributed by atoms with van der Waals surface area (Å²) in [7, 11) is 1.74. The van der Waals surface area contributed by atoms with Crippen molar-refractivity contribution in [3.05, 3.63) is 53.9 Å². The van der Waals surface area contributed by atoms with Crippen LogP contribution in [0.25, 0.3) is 0 Å². The number of aromatic nitrogens is 1. The lowest BCUT2D eigenvalue weighted by Crippen LogP contribution is -2.29. The highest BCUT2D eigenvalue weighted by Crippen LogP contribution is 2.24. The van der Waals surface area contributed by atoms with Crippen LogP contribution in [0.15, 0.2) is 42.5 Å². The number of unbranched alkanes of at least 4 members (excludes halogenated alkanes) is 1. The first-order valence-electron chi connectivity index (χ1n) is 8.82. The van der Waals surface area contributed by atoms with Crippen LogP contribution in [0.2, 0.25) is 0 Å². The fourth-order valence-electron chi connectivity index (χ4n) is 2.41. The third-order valence-corrected chi connectivity index (χ3v) is 3.83. The van der Waals surface area contributed by atoms with Crippen molar-refractivity contribution < 1.29 is 14.3 Å². The Kier molecular flexibility index (Phi) is 7.14. The van der Waals surface area contributed by atoms with Gasteiger partial charge >= 0.3 is 0 Å². The van der Waals surface area contributed by atoms with E-state index in [1.807, 2.05) is 19.1 Å². The highest BCUT2D eigenvalue weighted by molar-refractivity contribution is 6.04. The number of anilines is 1. The fraction of sp³-hybridized carbons (Fsp3) is 0.350. The molecule has 1 aromatic heterocycles. The Morgan fingerprint density at radius 1 is 1.08 bits per heavy atom. The summed E-state index contributed by atoms with van der Waals surface area (Å²) in [6.07, 6.45) is 1.93. The van der Waals surface area contributed by atoms with E-state index in [9.17, 15) is 9.59 Å². The second-order valence-electron chi connectivity index (χ2n) is 5.87. The summed E-state index contributed by atoms with van der Waals surface area (Å²) in [6.45, 7) is 5.11. The topological polar surface area (TPSA) is 71.5 Å². The third kappa shape index (κ3) is 5.05. The molecule has 0 spiro atoms. The number of benzene rings is 1. The van der Waals surface area contributed by atoms with Crippen LogP contribution < -0.4 is 10.1 Å². The van der Waals surface area contributed by atoms with Gasteiger partial charge in [-0.15, -0.1) is 0 Å². The van der Waals surface area contributed by atoms with Crippen LogP contribution in [-0.2, 0) is 0 Å². The van der Waals surface area contributed by atoms with Gasteiger partial charge in [-0.25, -0.2) is 4.98 Å². The maximum absolute atomic E-state index is 12.5. The standard InChI is InChI=1S/C20H25N3O3/c1-4-6-14-23(3)20(25)17-12-9-11-16(21-17)19(24)22-15-10-7-8-13-18(15)26-5-2/h7-13H,4-6,14H2,1-3H3,(H,22,24). The molecule has 6 heteroatoms. The molecule has 138 valence electrons. The van der Waals surface area contributed by atoms with Crippen LogP contribution in [0.5, 0.6) is 5.75 Å². The van der Waals surface area contributed by atoms with E-state index in [4.69, 9.17) is 4.74 Å². The fourth-order valence-corrected chi connectivity index (χ4v) is 2.41. The molecule has 0 saturated carbocycles. The van der Waals surface area contributed by atoms with Gasteiger partial charge < -0.3 is 15.0 Å². The van der Waals surface area contributed by atoms with E-state index >= 15 is 0 Å². The molecule has 2 aromatic rings. The lowest BCUT2D eigenvalue weighted by Gasteiger charge is -2.16. The van der Waals surface area contributed by atoms with Gasteiger partial charge in [-0.1, -0.05) is 31.5 Å². The van der Waals surface area contributed by atoms with E-state index in [1.165, 1.54) is 0 Å². The maximum atomic E-state index is 12.5. The van der Waals surface area contributed by atoms with Crippen LogP contribution in [0.1, 0.15) is 47.7 Å². The molecule has 0 aliphatic rings. The first-order chi connectivity index (χ1) is 12.6. The molecule has 6 nitrogen and oxygen atoms in total. The number of carbonyl (C=O) groups is 2. The molecule has 0 fully saturated rings. The zero-order valence-corrected chi connectivity index (χ0v) is 15.5. The zero-order chi connectivity index (χ0) is 18.9. The first kappa shape index (κ1) is 19.4. The summed E-state index contributed by atoms with van der Waals surface area (Å²) >= 11 is 0. The van der Waals surface area contributed by atoms with Gasteiger partial charge in [0.05, 0.1) is 12.3 Å². The molecule has 1 N–H and O–H groups in total. The lowest BCUT2D eigenvalue weighted by molar-refractivity contribution is 0.0787. The van der Waals surface area contributed by atoms with Gasteiger partial charge in [0.1, 0.15) is 17.1 Å². The Hall–Kier alpha value is -2.89. The van der Waals surface area contributed by atoms with Gasteiger partial charge in [0.15, 0.2) is 0 Å². The van der Waals surface area contributed by atoms with Crippen LogP contribution >= 0.6 is 0 Å². The van der Waals surface area contributed by atoms with Crippen molar-refractivity contribution in [2.75, 3.05) is 25.5 Å². The van der Waals surface area contributed by atoms with Crippen molar-refractivity contribution >= 4 is 17.5 Å². The van der Waals surface area contributed by atoms with Crippen molar-refractivity contribution in [3.63, 3.8) is 0 Å². The quantitative estimate of drug-likeness (QED) is 0.785. The summed E-state index contributed by atoms with van der Waals surface area (Å²) in [5.41, 5.74) is 1.01. The average Bonchev–Trinajstić information content (AvgIpc) is 2.67. The minimum absolute atomic E-state index is 0.186. The van der Waals surface area contributed by atoms with Gasteiger partial charge in [0, 0.05) is 13.6 Å². The van der Waals surface area contributed by atoms with Crippen molar-refractivity contribution in [2.24, 2.45) is 0 Å². The lowest BCUT2D eigenvalue weighted by atomic mass is 10.2. The van der Waals surface area contributed by atoms with Crippen molar-refractivity contribution in [3.8, 4) is 5.75 Å². The highest BCUT2D eigenvalue weighted by Gasteiger charge is 2.16. The van der Waals surface area contributed by atoms with Crippen LogP contribution in [0.4, 0.5) is 5.69 Å². The molecule has 26 heavy (non-hydrogen) atoms. The predicted octanol–water partition coefficient (Wildman–Crippen LogP) is 3.60. The number of carbonyl (C=O) groups excluding carboxylic acids is 2. The van der Waals surface area contributed by atoms with Crippen LogP contribution in [0, 0.1) is 0 Å². The van der Waals surface area contributed by atoms with E-state index in [0.717, 1.165) is 12.8 Å². The Balaban J connectivity index is 2.14.